The standard InChI is InChI=1S/C18H24N2O3/c1-13-9-14(2)18-16(10-13)15(11-17(22)23-18)12-20-5-3-19(4-6-20)7-8-21/h9-11,21H,3-8,12H2,1-2H3. The minimum atomic E-state index is -0.279. The molecule has 23 heavy (non-hydrogen) atoms. The number of fused-ring (bicyclic) bond motifs is 1. The maximum absolute atomic E-state index is 11.9. The maximum atomic E-state index is 11.9. The molecule has 0 unspecified atom stereocenters. The predicted octanol–water partition coefficient (Wildman–Crippen LogP) is 1.52. The van der Waals surface area contributed by atoms with E-state index in [0.717, 1.165) is 55.8 Å². The fourth-order valence-corrected chi connectivity index (χ4v) is 3.36. The van der Waals surface area contributed by atoms with Crippen LogP contribution in [-0.4, -0.2) is 54.2 Å². The summed E-state index contributed by atoms with van der Waals surface area (Å²) in [6.07, 6.45) is 0. The first kappa shape index (κ1) is 16.2. The lowest BCUT2D eigenvalue weighted by molar-refractivity contribution is 0.108. The van der Waals surface area contributed by atoms with Crippen LogP contribution in [0.4, 0.5) is 0 Å². The Morgan fingerprint density at radius 2 is 1.78 bits per heavy atom. The summed E-state index contributed by atoms with van der Waals surface area (Å²) in [5, 5.41) is 10.1. The quantitative estimate of drug-likeness (QED) is 0.867. The van der Waals surface area contributed by atoms with Crippen molar-refractivity contribution < 1.29 is 9.52 Å². The van der Waals surface area contributed by atoms with E-state index in [1.54, 1.807) is 6.07 Å². The molecule has 5 nitrogen and oxygen atoms in total. The van der Waals surface area contributed by atoms with Crippen molar-refractivity contribution in [2.45, 2.75) is 20.4 Å². The van der Waals surface area contributed by atoms with Gasteiger partial charge < -0.3 is 9.52 Å². The minimum absolute atomic E-state index is 0.211. The van der Waals surface area contributed by atoms with E-state index in [4.69, 9.17) is 9.52 Å². The molecule has 0 radical (unpaired) electrons. The number of hydrogen-bond donors (Lipinski definition) is 1. The molecule has 124 valence electrons. The van der Waals surface area contributed by atoms with Gasteiger partial charge in [-0.3, -0.25) is 9.80 Å². The molecular formula is C18H24N2O3. The van der Waals surface area contributed by atoms with Crippen LogP contribution in [0.3, 0.4) is 0 Å². The molecule has 1 fully saturated rings. The molecule has 2 heterocycles. The third kappa shape index (κ3) is 3.63. The van der Waals surface area contributed by atoms with E-state index in [1.807, 2.05) is 13.0 Å². The van der Waals surface area contributed by atoms with Crippen molar-refractivity contribution >= 4 is 11.0 Å². The highest BCUT2D eigenvalue weighted by Gasteiger charge is 2.18. The molecule has 1 saturated heterocycles. The summed E-state index contributed by atoms with van der Waals surface area (Å²) in [6.45, 7) is 9.57. The monoisotopic (exact) mass is 316 g/mol. The second-order valence-electron chi connectivity index (χ2n) is 6.39. The fourth-order valence-electron chi connectivity index (χ4n) is 3.36. The zero-order valence-electron chi connectivity index (χ0n) is 13.8. The van der Waals surface area contributed by atoms with Crippen LogP contribution in [-0.2, 0) is 6.54 Å². The van der Waals surface area contributed by atoms with Crippen LogP contribution in [0.15, 0.2) is 27.4 Å². The van der Waals surface area contributed by atoms with Gasteiger partial charge in [0.1, 0.15) is 5.58 Å². The number of hydrogen-bond acceptors (Lipinski definition) is 5. The van der Waals surface area contributed by atoms with Gasteiger partial charge in [-0.25, -0.2) is 4.79 Å². The summed E-state index contributed by atoms with van der Waals surface area (Å²) >= 11 is 0. The largest absolute Gasteiger partial charge is 0.422 e. The number of aliphatic hydroxyl groups is 1. The van der Waals surface area contributed by atoms with Gasteiger partial charge in [-0.1, -0.05) is 6.07 Å². The Balaban J connectivity index is 1.85. The Labute approximate surface area is 136 Å². The molecule has 0 spiro atoms. The summed E-state index contributed by atoms with van der Waals surface area (Å²) in [5.74, 6) is 0. The van der Waals surface area contributed by atoms with Gasteiger partial charge in [-0.05, 0) is 36.6 Å². The number of aliphatic hydroxyl groups excluding tert-OH is 1. The summed E-state index contributed by atoms with van der Waals surface area (Å²) in [4.78, 5) is 16.5. The van der Waals surface area contributed by atoms with Crippen molar-refractivity contribution in [3.05, 3.63) is 45.3 Å². The average molecular weight is 316 g/mol. The van der Waals surface area contributed by atoms with Crippen LogP contribution < -0.4 is 5.63 Å². The third-order valence-corrected chi connectivity index (χ3v) is 4.53. The van der Waals surface area contributed by atoms with Crippen molar-refractivity contribution in [2.75, 3.05) is 39.3 Å². The highest BCUT2D eigenvalue weighted by molar-refractivity contribution is 5.83. The van der Waals surface area contributed by atoms with Gasteiger partial charge in [0, 0.05) is 50.7 Å². The average Bonchev–Trinajstić information content (AvgIpc) is 2.51. The number of benzene rings is 1. The van der Waals surface area contributed by atoms with E-state index in [0.29, 0.717) is 5.58 Å². The number of β-amino-alcohol motifs (C(OH)–C–C–N with tert-alkyl or cyclic N) is 1. The molecule has 3 rings (SSSR count). The lowest BCUT2D eigenvalue weighted by atomic mass is 10.0. The topological polar surface area (TPSA) is 56.9 Å². The predicted molar refractivity (Wildman–Crippen MR) is 90.8 cm³/mol. The van der Waals surface area contributed by atoms with Gasteiger partial charge in [0.15, 0.2) is 0 Å². The zero-order chi connectivity index (χ0) is 16.4. The van der Waals surface area contributed by atoms with Crippen LogP contribution in [0.25, 0.3) is 11.0 Å². The van der Waals surface area contributed by atoms with Gasteiger partial charge in [0.2, 0.25) is 0 Å². The van der Waals surface area contributed by atoms with Gasteiger partial charge in [0.25, 0.3) is 0 Å². The van der Waals surface area contributed by atoms with Crippen molar-refractivity contribution in [1.82, 2.24) is 9.80 Å². The fraction of sp³-hybridized carbons (Fsp3) is 0.500. The van der Waals surface area contributed by atoms with E-state index in [9.17, 15) is 4.79 Å². The van der Waals surface area contributed by atoms with Gasteiger partial charge >= 0.3 is 5.63 Å². The van der Waals surface area contributed by atoms with Gasteiger partial charge in [-0.2, -0.15) is 0 Å². The van der Waals surface area contributed by atoms with Crippen LogP contribution in [0, 0.1) is 13.8 Å². The molecule has 0 saturated carbocycles. The molecule has 0 amide bonds. The summed E-state index contributed by atoms with van der Waals surface area (Å²) < 4.78 is 5.42. The molecular weight excluding hydrogens is 292 g/mol. The molecule has 1 N–H and O–H groups in total. The summed E-state index contributed by atoms with van der Waals surface area (Å²) in [5.41, 5.74) is 3.65. The Morgan fingerprint density at radius 1 is 1.09 bits per heavy atom. The molecule has 1 aliphatic heterocycles. The smallest absolute Gasteiger partial charge is 0.336 e. The van der Waals surface area contributed by atoms with E-state index in [2.05, 4.69) is 22.8 Å². The second kappa shape index (κ2) is 6.83. The molecule has 5 heteroatoms. The molecule has 1 aromatic carbocycles. The molecule has 0 bridgehead atoms. The number of piperazine rings is 1. The van der Waals surface area contributed by atoms with Crippen LogP contribution >= 0.6 is 0 Å². The molecule has 0 atom stereocenters. The summed E-state index contributed by atoms with van der Waals surface area (Å²) in [6, 6.07) is 5.77. The second-order valence-corrected chi connectivity index (χ2v) is 6.39. The van der Waals surface area contributed by atoms with Crippen molar-refractivity contribution in [2.24, 2.45) is 0 Å². The minimum Gasteiger partial charge on any atom is -0.422 e. The van der Waals surface area contributed by atoms with Gasteiger partial charge in [0.05, 0.1) is 6.61 Å². The van der Waals surface area contributed by atoms with Gasteiger partial charge in [-0.15, -0.1) is 0 Å². The molecule has 2 aromatic rings. The molecule has 0 aliphatic carbocycles. The highest BCUT2D eigenvalue weighted by atomic mass is 16.4. The third-order valence-electron chi connectivity index (χ3n) is 4.53. The number of rotatable bonds is 4. The lowest BCUT2D eigenvalue weighted by Gasteiger charge is -2.34. The SMILES string of the molecule is Cc1cc(C)c2oc(=O)cc(CN3CCN(CCO)CC3)c2c1. The Kier molecular flexibility index (Phi) is 4.80. The van der Waals surface area contributed by atoms with Crippen molar-refractivity contribution in [3.63, 3.8) is 0 Å². The van der Waals surface area contributed by atoms with E-state index >= 15 is 0 Å². The first-order chi connectivity index (χ1) is 11.1. The van der Waals surface area contributed by atoms with E-state index in [-0.39, 0.29) is 12.2 Å². The Bertz CT molecular complexity index is 746. The Hall–Kier alpha value is -1.69. The normalized spacial score (nSPS) is 17.0. The first-order valence-corrected chi connectivity index (χ1v) is 8.16. The molecule has 1 aromatic heterocycles. The van der Waals surface area contributed by atoms with E-state index in [1.165, 1.54) is 5.56 Å². The summed E-state index contributed by atoms with van der Waals surface area (Å²) in [7, 11) is 0. The van der Waals surface area contributed by atoms with E-state index < -0.39 is 0 Å². The maximum Gasteiger partial charge on any atom is 0.336 e. The number of nitrogens with zero attached hydrogens (tertiary/aromatic N) is 2. The number of aryl methyl sites for hydroxylation is 2. The highest BCUT2D eigenvalue weighted by Crippen LogP contribution is 2.23. The van der Waals surface area contributed by atoms with Crippen LogP contribution in [0.5, 0.6) is 0 Å². The molecule has 1 aliphatic rings. The van der Waals surface area contributed by atoms with Crippen molar-refractivity contribution in [3.8, 4) is 0 Å². The van der Waals surface area contributed by atoms with Crippen LogP contribution in [0.1, 0.15) is 16.7 Å². The van der Waals surface area contributed by atoms with Crippen LogP contribution in [0.2, 0.25) is 0 Å². The first-order valence-electron chi connectivity index (χ1n) is 8.16. The zero-order valence-corrected chi connectivity index (χ0v) is 13.8. The van der Waals surface area contributed by atoms with Crippen molar-refractivity contribution in [1.29, 1.82) is 0 Å². The lowest BCUT2D eigenvalue weighted by Crippen LogP contribution is -2.46. The Morgan fingerprint density at radius 3 is 2.48 bits per heavy atom.